The molecule has 0 bridgehead atoms. The number of rotatable bonds is 4. The van der Waals surface area contributed by atoms with Crippen molar-refractivity contribution >= 4 is 28.2 Å². The van der Waals surface area contributed by atoms with Gasteiger partial charge in [0.05, 0.1) is 5.69 Å². The largest absolute Gasteiger partial charge is 0.370 e. The van der Waals surface area contributed by atoms with Gasteiger partial charge in [0.15, 0.2) is 5.69 Å². The number of carbonyl (C=O) groups excluding carboxylic acids is 1. The van der Waals surface area contributed by atoms with Crippen molar-refractivity contribution in [3.8, 4) is 11.5 Å². The van der Waals surface area contributed by atoms with Crippen LogP contribution in [0.3, 0.4) is 0 Å². The molecular formula is C21H20N8O2. The molecule has 3 aromatic heterocycles. The van der Waals surface area contributed by atoms with Crippen LogP contribution in [0.25, 0.3) is 22.4 Å². The second-order valence-corrected chi connectivity index (χ2v) is 7.52. The second kappa shape index (κ2) is 7.63. The van der Waals surface area contributed by atoms with Crippen LogP contribution in [-0.2, 0) is 0 Å². The van der Waals surface area contributed by atoms with Gasteiger partial charge in [0.25, 0.3) is 5.91 Å². The fourth-order valence-electron chi connectivity index (χ4n) is 3.92. The minimum absolute atomic E-state index is 0.153. The molecule has 1 amide bonds. The van der Waals surface area contributed by atoms with E-state index in [4.69, 9.17) is 0 Å². The summed E-state index contributed by atoms with van der Waals surface area (Å²) in [4.78, 5) is 34.5. The topological polar surface area (TPSA) is 133 Å². The quantitative estimate of drug-likeness (QED) is 0.465. The summed E-state index contributed by atoms with van der Waals surface area (Å²) in [7, 11) is 0. The summed E-state index contributed by atoms with van der Waals surface area (Å²) < 4.78 is 0. The maximum absolute atomic E-state index is 13.3. The van der Waals surface area contributed by atoms with Gasteiger partial charge in [-0.25, -0.2) is 4.98 Å². The first-order chi connectivity index (χ1) is 15.1. The van der Waals surface area contributed by atoms with Gasteiger partial charge in [-0.1, -0.05) is 0 Å². The number of aromatic nitrogens is 6. The number of anilines is 2. The molecule has 156 valence electrons. The van der Waals surface area contributed by atoms with Crippen LogP contribution in [-0.4, -0.2) is 49.6 Å². The molecule has 0 radical (unpaired) electrons. The lowest BCUT2D eigenvalue weighted by atomic mass is 10.1. The molecule has 1 saturated heterocycles. The zero-order chi connectivity index (χ0) is 21.4. The Morgan fingerprint density at radius 2 is 1.97 bits per heavy atom. The number of pyridine rings is 2. The molecule has 3 N–H and O–H groups in total. The number of carbonyl (C=O) groups is 1. The first-order valence-electron chi connectivity index (χ1n) is 10.0. The van der Waals surface area contributed by atoms with Gasteiger partial charge in [0.2, 0.25) is 11.4 Å². The standard InChI is InChI=1S/C21H20N8O2/c1-12-10-18(30)23-15-5-4-13(11-14(12)15)22-21(31)19-17(29-8-2-3-9-29)7-6-16(24-19)20-25-27-28-26-20/h4-7,10-11H,2-3,8-9H2,1H3,(H,22,31)(H,23,30)(H,25,26,27,28). The first-order valence-corrected chi connectivity index (χ1v) is 10.0. The van der Waals surface area contributed by atoms with Crippen LogP contribution < -0.4 is 15.8 Å². The predicted molar refractivity (Wildman–Crippen MR) is 116 cm³/mol. The molecule has 1 aliphatic rings. The molecule has 1 aliphatic heterocycles. The van der Waals surface area contributed by atoms with E-state index in [9.17, 15) is 9.59 Å². The Bertz CT molecular complexity index is 1320. The van der Waals surface area contributed by atoms with Gasteiger partial charge in [0.1, 0.15) is 5.69 Å². The van der Waals surface area contributed by atoms with Crippen LogP contribution in [0, 0.1) is 6.92 Å². The molecule has 4 aromatic rings. The number of nitrogens with one attached hydrogen (secondary N) is 3. The predicted octanol–water partition coefficient (Wildman–Crippen LogP) is 2.26. The fraction of sp³-hybridized carbons (Fsp3) is 0.238. The number of aryl methyl sites for hydroxylation is 1. The van der Waals surface area contributed by atoms with Gasteiger partial charge in [-0.3, -0.25) is 9.59 Å². The summed E-state index contributed by atoms with van der Waals surface area (Å²) in [6.45, 7) is 3.63. The lowest BCUT2D eigenvalue weighted by Crippen LogP contribution is -2.24. The zero-order valence-corrected chi connectivity index (χ0v) is 16.8. The molecule has 0 unspecified atom stereocenters. The monoisotopic (exact) mass is 416 g/mol. The van der Waals surface area contributed by atoms with Crippen molar-refractivity contribution in [1.82, 2.24) is 30.6 Å². The molecule has 4 heterocycles. The summed E-state index contributed by atoms with van der Waals surface area (Å²) in [5, 5.41) is 17.7. The van der Waals surface area contributed by atoms with Crippen molar-refractivity contribution < 1.29 is 4.79 Å². The number of nitrogens with zero attached hydrogens (tertiary/aromatic N) is 5. The van der Waals surface area contributed by atoms with Gasteiger partial charge < -0.3 is 15.2 Å². The Kier molecular flexibility index (Phi) is 4.66. The zero-order valence-electron chi connectivity index (χ0n) is 16.8. The summed E-state index contributed by atoms with van der Waals surface area (Å²) in [5.41, 5.74) is 3.58. The minimum atomic E-state index is -0.325. The third kappa shape index (κ3) is 3.63. The maximum Gasteiger partial charge on any atom is 0.276 e. The van der Waals surface area contributed by atoms with Crippen molar-refractivity contribution in [2.45, 2.75) is 19.8 Å². The Morgan fingerprint density at radius 3 is 2.74 bits per heavy atom. The Hall–Kier alpha value is -4.08. The molecule has 31 heavy (non-hydrogen) atoms. The minimum Gasteiger partial charge on any atom is -0.370 e. The highest BCUT2D eigenvalue weighted by Gasteiger charge is 2.23. The van der Waals surface area contributed by atoms with Crippen LogP contribution >= 0.6 is 0 Å². The average Bonchev–Trinajstić information content (AvgIpc) is 3.48. The smallest absolute Gasteiger partial charge is 0.276 e. The third-order valence-electron chi connectivity index (χ3n) is 5.42. The molecule has 1 aromatic carbocycles. The number of tetrazole rings is 1. The normalized spacial score (nSPS) is 13.6. The van der Waals surface area contributed by atoms with Crippen LogP contribution in [0.15, 0.2) is 41.2 Å². The number of aromatic amines is 2. The van der Waals surface area contributed by atoms with Gasteiger partial charge in [0, 0.05) is 35.7 Å². The molecule has 0 spiro atoms. The van der Waals surface area contributed by atoms with Crippen molar-refractivity contribution in [2.24, 2.45) is 0 Å². The number of H-pyrrole nitrogens is 2. The average molecular weight is 416 g/mol. The molecular weight excluding hydrogens is 396 g/mol. The Balaban J connectivity index is 1.52. The molecule has 0 atom stereocenters. The number of fused-ring (bicyclic) bond motifs is 1. The summed E-state index contributed by atoms with van der Waals surface area (Å²) in [6, 6.07) is 10.6. The summed E-state index contributed by atoms with van der Waals surface area (Å²) in [6.07, 6.45) is 2.16. The lowest BCUT2D eigenvalue weighted by Gasteiger charge is -2.20. The fourth-order valence-corrected chi connectivity index (χ4v) is 3.92. The van der Waals surface area contributed by atoms with E-state index >= 15 is 0 Å². The summed E-state index contributed by atoms with van der Waals surface area (Å²) >= 11 is 0. The van der Waals surface area contributed by atoms with E-state index in [-0.39, 0.29) is 11.5 Å². The highest BCUT2D eigenvalue weighted by Crippen LogP contribution is 2.27. The van der Waals surface area contributed by atoms with Crippen LogP contribution in [0.5, 0.6) is 0 Å². The molecule has 10 nitrogen and oxygen atoms in total. The molecule has 5 rings (SSSR count). The van der Waals surface area contributed by atoms with E-state index in [1.165, 1.54) is 6.07 Å². The van der Waals surface area contributed by atoms with Crippen LogP contribution in [0.2, 0.25) is 0 Å². The van der Waals surface area contributed by atoms with E-state index in [1.807, 2.05) is 19.1 Å². The van der Waals surface area contributed by atoms with E-state index < -0.39 is 0 Å². The van der Waals surface area contributed by atoms with Crippen molar-refractivity contribution in [2.75, 3.05) is 23.3 Å². The van der Waals surface area contributed by atoms with Crippen molar-refractivity contribution in [3.63, 3.8) is 0 Å². The van der Waals surface area contributed by atoms with Gasteiger partial charge in [-0.15, -0.1) is 10.2 Å². The Labute approximate surface area is 176 Å². The lowest BCUT2D eigenvalue weighted by molar-refractivity contribution is 0.102. The molecule has 1 fully saturated rings. The number of benzene rings is 1. The summed E-state index contributed by atoms with van der Waals surface area (Å²) in [5.74, 6) is 0.000906. The van der Waals surface area contributed by atoms with E-state index in [0.29, 0.717) is 22.9 Å². The Morgan fingerprint density at radius 1 is 1.13 bits per heavy atom. The van der Waals surface area contributed by atoms with Crippen molar-refractivity contribution in [1.29, 1.82) is 0 Å². The van der Waals surface area contributed by atoms with Crippen LogP contribution in [0.4, 0.5) is 11.4 Å². The molecule has 0 saturated carbocycles. The second-order valence-electron chi connectivity index (χ2n) is 7.52. The van der Waals surface area contributed by atoms with E-state index in [0.717, 1.165) is 48.1 Å². The highest BCUT2D eigenvalue weighted by atomic mass is 16.2. The van der Waals surface area contributed by atoms with Gasteiger partial charge in [-0.05, 0) is 60.9 Å². The number of hydrogen-bond donors (Lipinski definition) is 3. The molecule has 0 aliphatic carbocycles. The van der Waals surface area contributed by atoms with Crippen LogP contribution in [0.1, 0.15) is 28.9 Å². The van der Waals surface area contributed by atoms with Gasteiger partial charge in [-0.2, -0.15) is 5.21 Å². The van der Waals surface area contributed by atoms with E-state index in [2.05, 4.69) is 40.8 Å². The maximum atomic E-state index is 13.3. The van der Waals surface area contributed by atoms with Gasteiger partial charge >= 0.3 is 0 Å². The number of hydrogen-bond acceptors (Lipinski definition) is 7. The SMILES string of the molecule is Cc1cc(=O)[nH]c2ccc(NC(=O)c3nc(-c4nn[nH]n4)ccc3N3CCCC3)cc12. The first kappa shape index (κ1) is 18.9. The molecule has 10 heteroatoms. The van der Waals surface area contributed by atoms with E-state index in [1.54, 1.807) is 18.2 Å². The van der Waals surface area contributed by atoms with Crippen molar-refractivity contribution in [3.05, 3.63) is 58.0 Å². The highest BCUT2D eigenvalue weighted by molar-refractivity contribution is 6.07. The third-order valence-corrected chi connectivity index (χ3v) is 5.42. The number of amides is 1.